The topological polar surface area (TPSA) is 105 Å². The predicted molar refractivity (Wildman–Crippen MR) is 151 cm³/mol. The van der Waals surface area contributed by atoms with Crippen LogP contribution in [-0.4, -0.2) is 59.0 Å². The second-order valence-electron chi connectivity index (χ2n) is 9.16. The van der Waals surface area contributed by atoms with E-state index >= 15 is 0 Å². The van der Waals surface area contributed by atoms with Gasteiger partial charge in [0.15, 0.2) is 0 Å². The maximum Gasteiger partial charge on any atom is 0.264 e. The molecule has 0 fully saturated rings. The van der Waals surface area contributed by atoms with Gasteiger partial charge in [0.2, 0.25) is 11.8 Å². The quantitative estimate of drug-likeness (QED) is 0.389. The van der Waals surface area contributed by atoms with Crippen molar-refractivity contribution in [2.45, 2.75) is 38.3 Å². The van der Waals surface area contributed by atoms with Crippen LogP contribution in [0.25, 0.3) is 0 Å². The molecule has 3 aromatic carbocycles. The van der Waals surface area contributed by atoms with Crippen LogP contribution in [0.2, 0.25) is 0 Å². The summed E-state index contributed by atoms with van der Waals surface area (Å²) in [4.78, 5) is 28.0. The number of anilines is 1. The Morgan fingerprint density at radius 1 is 0.923 bits per heavy atom. The molecule has 3 rings (SSSR count). The van der Waals surface area contributed by atoms with E-state index in [0.29, 0.717) is 11.5 Å². The van der Waals surface area contributed by atoms with E-state index in [1.807, 2.05) is 19.9 Å². The normalized spacial score (nSPS) is 11.8. The molecule has 208 valence electrons. The first-order valence-corrected chi connectivity index (χ1v) is 13.8. The SMILES string of the molecule is CNC(=O)[C@@H](C)N(Cc1cccc(OC)c1)C(=O)CN(c1cc(C)ccc1OC)S(=O)(=O)c1ccc(C)cc1. The lowest BCUT2D eigenvalue weighted by Gasteiger charge is -2.32. The van der Waals surface area contributed by atoms with E-state index in [1.165, 1.54) is 38.3 Å². The highest BCUT2D eigenvalue weighted by Gasteiger charge is 2.33. The van der Waals surface area contributed by atoms with Crippen LogP contribution in [0.4, 0.5) is 5.69 Å². The van der Waals surface area contributed by atoms with Gasteiger partial charge in [-0.15, -0.1) is 0 Å². The van der Waals surface area contributed by atoms with Gasteiger partial charge in [0.1, 0.15) is 24.1 Å². The van der Waals surface area contributed by atoms with E-state index in [-0.39, 0.29) is 23.0 Å². The van der Waals surface area contributed by atoms with Gasteiger partial charge in [-0.1, -0.05) is 35.9 Å². The fourth-order valence-corrected chi connectivity index (χ4v) is 5.52. The smallest absolute Gasteiger partial charge is 0.264 e. The fourth-order valence-electron chi connectivity index (χ4n) is 4.10. The maximum absolute atomic E-state index is 14.0. The van der Waals surface area contributed by atoms with E-state index in [1.54, 1.807) is 55.5 Å². The summed E-state index contributed by atoms with van der Waals surface area (Å²) in [5, 5.41) is 2.57. The Morgan fingerprint density at radius 3 is 2.21 bits per heavy atom. The zero-order valence-corrected chi connectivity index (χ0v) is 23.9. The van der Waals surface area contributed by atoms with Crippen molar-refractivity contribution in [1.82, 2.24) is 10.2 Å². The molecular formula is C29H35N3O6S. The molecule has 0 bridgehead atoms. The van der Waals surface area contributed by atoms with Crippen LogP contribution in [-0.2, 0) is 26.2 Å². The minimum absolute atomic E-state index is 0.0307. The van der Waals surface area contributed by atoms with Gasteiger partial charge in [-0.05, 0) is 68.3 Å². The Hall–Kier alpha value is -4.05. The van der Waals surface area contributed by atoms with Crippen LogP contribution in [0.3, 0.4) is 0 Å². The molecule has 0 saturated carbocycles. The molecule has 0 aromatic heterocycles. The van der Waals surface area contributed by atoms with Gasteiger partial charge in [-0.2, -0.15) is 0 Å². The van der Waals surface area contributed by atoms with E-state index in [4.69, 9.17) is 9.47 Å². The minimum Gasteiger partial charge on any atom is -0.497 e. The van der Waals surface area contributed by atoms with Crippen LogP contribution < -0.4 is 19.1 Å². The summed E-state index contributed by atoms with van der Waals surface area (Å²) in [6.45, 7) is 4.79. The summed E-state index contributed by atoms with van der Waals surface area (Å²) >= 11 is 0. The molecule has 0 aliphatic carbocycles. The summed E-state index contributed by atoms with van der Waals surface area (Å²) in [6, 6.07) is 17.8. The third-order valence-electron chi connectivity index (χ3n) is 6.39. The number of sulfonamides is 1. The molecule has 0 spiro atoms. The van der Waals surface area contributed by atoms with Gasteiger partial charge in [-0.3, -0.25) is 13.9 Å². The Bertz CT molecular complexity index is 1420. The van der Waals surface area contributed by atoms with Gasteiger partial charge in [0, 0.05) is 13.6 Å². The summed E-state index contributed by atoms with van der Waals surface area (Å²) < 4.78 is 39.8. The first-order valence-electron chi connectivity index (χ1n) is 12.4. The van der Waals surface area contributed by atoms with Gasteiger partial charge in [-0.25, -0.2) is 8.42 Å². The molecule has 1 atom stereocenters. The van der Waals surface area contributed by atoms with Crippen molar-refractivity contribution in [3.8, 4) is 11.5 Å². The zero-order valence-electron chi connectivity index (χ0n) is 23.1. The van der Waals surface area contributed by atoms with Crippen molar-refractivity contribution >= 4 is 27.5 Å². The van der Waals surface area contributed by atoms with Crippen molar-refractivity contribution in [2.75, 3.05) is 32.1 Å². The average molecular weight is 554 g/mol. The molecule has 3 aromatic rings. The largest absolute Gasteiger partial charge is 0.497 e. The molecule has 39 heavy (non-hydrogen) atoms. The Morgan fingerprint density at radius 2 is 1.59 bits per heavy atom. The number of nitrogens with zero attached hydrogens (tertiary/aromatic N) is 2. The number of methoxy groups -OCH3 is 2. The summed E-state index contributed by atoms with van der Waals surface area (Å²) in [6.07, 6.45) is 0. The fraction of sp³-hybridized carbons (Fsp3) is 0.310. The van der Waals surface area contributed by atoms with Crippen molar-refractivity contribution in [3.05, 3.63) is 83.4 Å². The number of hydrogen-bond donors (Lipinski definition) is 1. The van der Waals surface area contributed by atoms with Gasteiger partial charge in [0.25, 0.3) is 10.0 Å². The minimum atomic E-state index is -4.20. The molecule has 9 nitrogen and oxygen atoms in total. The number of ether oxygens (including phenoxy) is 2. The Labute approximate surface area is 230 Å². The molecular weight excluding hydrogens is 518 g/mol. The number of rotatable bonds is 11. The molecule has 0 heterocycles. The van der Waals surface area contributed by atoms with Crippen LogP contribution in [0.5, 0.6) is 11.5 Å². The third kappa shape index (κ3) is 6.88. The molecule has 10 heteroatoms. The standard InChI is InChI=1S/C29H35N3O6S/c1-20-10-13-25(14-11-20)39(35,36)32(26-16-21(2)12-15-27(26)38-6)19-28(33)31(22(3)29(34)30-4)18-23-8-7-9-24(17-23)37-5/h7-17,22H,18-19H2,1-6H3,(H,30,34)/t22-/m1/s1. The van der Waals surface area contributed by atoms with Gasteiger partial charge >= 0.3 is 0 Å². The second-order valence-corrected chi connectivity index (χ2v) is 11.0. The number of amides is 2. The number of hydrogen-bond acceptors (Lipinski definition) is 6. The summed E-state index contributed by atoms with van der Waals surface area (Å²) in [5.41, 5.74) is 2.63. The van der Waals surface area contributed by atoms with Crippen LogP contribution in [0.1, 0.15) is 23.6 Å². The number of carbonyl (C=O) groups excluding carboxylic acids is 2. The summed E-state index contributed by atoms with van der Waals surface area (Å²) in [5.74, 6) is -0.0520. The van der Waals surface area contributed by atoms with Crippen molar-refractivity contribution in [2.24, 2.45) is 0 Å². The molecule has 0 aliphatic rings. The number of aryl methyl sites for hydroxylation is 2. The van der Waals surface area contributed by atoms with Crippen LogP contribution in [0, 0.1) is 13.8 Å². The van der Waals surface area contributed by atoms with Crippen molar-refractivity contribution in [3.63, 3.8) is 0 Å². The third-order valence-corrected chi connectivity index (χ3v) is 8.17. The lowest BCUT2D eigenvalue weighted by Crippen LogP contribution is -2.50. The number of benzene rings is 3. The highest BCUT2D eigenvalue weighted by atomic mass is 32.2. The lowest BCUT2D eigenvalue weighted by molar-refractivity contribution is -0.139. The highest BCUT2D eigenvalue weighted by molar-refractivity contribution is 7.92. The van der Waals surface area contributed by atoms with Gasteiger partial charge in [0.05, 0.1) is 24.8 Å². The average Bonchev–Trinajstić information content (AvgIpc) is 2.93. The first-order chi connectivity index (χ1) is 18.5. The van der Waals surface area contributed by atoms with E-state index in [9.17, 15) is 18.0 Å². The zero-order chi connectivity index (χ0) is 28.7. The molecule has 0 aliphatic heterocycles. The van der Waals surface area contributed by atoms with E-state index < -0.39 is 28.5 Å². The number of nitrogens with one attached hydrogen (secondary N) is 1. The predicted octanol–water partition coefficient (Wildman–Crippen LogP) is 3.68. The number of carbonyl (C=O) groups is 2. The maximum atomic E-state index is 14.0. The Balaban J connectivity index is 2.10. The van der Waals surface area contributed by atoms with Crippen molar-refractivity contribution in [1.29, 1.82) is 0 Å². The van der Waals surface area contributed by atoms with E-state index in [2.05, 4.69) is 5.32 Å². The second kappa shape index (κ2) is 12.7. The first kappa shape index (κ1) is 29.5. The van der Waals surface area contributed by atoms with Crippen molar-refractivity contribution < 1.29 is 27.5 Å². The van der Waals surface area contributed by atoms with E-state index in [0.717, 1.165) is 21.0 Å². The monoisotopic (exact) mass is 553 g/mol. The van der Waals surface area contributed by atoms with Crippen LogP contribution in [0.15, 0.2) is 71.6 Å². The van der Waals surface area contributed by atoms with Gasteiger partial charge < -0.3 is 19.7 Å². The number of likely N-dealkylation sites (N-methyl/N-ethyl adjacent to an activating group) is 1. The molecule has 2 amide bonds. The highest BCUT2D eigenvalue weighted by Crippen LogP contribution is 2.34. The lowest BCUT2D eigenvalue weighted by atomic mass is 10.1. The molecule has 0 unspecified atom stereocenters. The summed E-state index contributed by atoms with van der Waals surface area (Å²) in [7, 11) is 0.266. The molecule has 1 N–H and O–H groups in total. The molecule has 0 saturated heterocycles. The van der Waals surface area contributed by atoms with Crippen LogP contribution >= 0.6 is 0 Å². The Kier molecular flexibility index (Phi) is 9.58. The molecule has 0 radical (unpaired) electrons.